The van der Waals surface area contributed by atoms with E-state index in [4.69, 9.17) is 10.5 Å². The zero-order valence-electron chi connectivity index (χ0n) is 11.0. The molecule has 0 saturated heterocycles. The third-order valence-corrected chi connectivity index (χ3v) is 3.37. The molecule has 2 aromatic carbocycles. The lowest BCUT2D eigenvalue weighted by Gasteiger charge is -2.07. The quantitative estimate of drug-likeness (QED) is 0.880. The van der Waals surface area contributed by atoms with Gasteiger partial charge in [-0.1, -0.05) is 40.2 Å². The fraction of sp³-hybridized carbons (Fsp3) is 0.188. The maximum Gasteiger partial charge on any atom is 0.217 e. The number of carbonyl (C=O) groups excluding carboxylic acids is 1. The Hall–Kier alpha value is -1.81. The Morgan fingerprint density at radius 1 is 1.10 bits per heavy atom. The van der Waals surface area contributed by atoms with Crippen molar-refractivity contribution in [2.45, 2.75) is 19.4 Å². The molecular weight excluding hydrogens is 318 g/mol. The summed E-state index contributed by atoms with van der Waals surface area (Å²) < 4.78 is 6.76. The molecule has 0 unspecified atom stereocenters. The number of carbonyl (C=O) groups is 1. The fourth-order valence-electron chi connectivity index (χ4n) is 1.81. The van der Waals surface area contributed by atoms with Crippen LogP contribution in [-0.4, -0.2) is 5.91 Å². The Labute approximate surface area is 126 Å². The van der Waals surface area contributed by atoms with E-state index in [-0.39, 0.29) is 5.91 Å². The molecule has 2 N–H and O–H groups in total. The first kappa shape index (κ1) is 14.6. The van der Waals surface area contributed by atoms with Crippen molar-refractivity contribution in [1.29, 1.82) is 0 Å². The highest BCUT2D eigenvalue weighted by atomic mass is 79.9. The molecule has 20 heavy (non-hydrogen) atoms. The van der Waals surface area contributed by atoms with Crippen molar-refractivity contribution in [3.8, 4) is 5.75 Å². The van der Waals surface area contributed by atoms with Gasteiger partial charge in [-0.05, 0) is 41.8 Å². The average molecular weight is 334 g/mol. The second-order valence-corrected chi connectivity index (χ2v) is 5.44. The summed E-state index contributed by atoms with van der Waals surface area (Å²) in [5, 5.41) is 0. The van der Waals surface area contributed by atoms with Crippen molar-refractivity contribution in [2.75, 3.05) is 0 Å². The third kappa shape index (κ3) is 4.70. The van der Waals surface area contributed by atoms with Gasteiger partial charge in [0.25, 0.3) is 0 Å². The van der Waals surface area contributed by atoms with E-state index >= 15 is 0 Å². The first-order valence-electron chi connectivity index (χ1n) is 6.38. The van der Waals surface area contributed by atoms with Crippen LogP contribution in [0.1, 0.15) is 17.5 Å². The Balaban J connectivity index is 1.89. The SMILES string of the molecule is NC(=O)CCc1ccc(OCc2cccc(Br)c2)cc1. The highest BCUT2D eigenvalue weighted by Crippen LogP contribution is 2.17. The van der Waals surface area contributed by atoms with Crippen LogP contribution in [0.3, 0.4) is 0 Å². The number of aryl methyl sites for hydroxylation is 1. The minimum absolute atomic E-state index is 0.278. The summed E-state index contributed by atoms with van der Waals surface area (Å²) in [6.45, 7) is 0.528. The van der Waals surface area contributed by atoms with Gasteiger partial charge >= 0.3 is 0 Å². The first-order chi connectivity index (χ1) is 9.63. The summed E-state index contributed by atoms with van der Waals surface area (Å²) in [6, 6.07) is 15.8. The van der Waals surface area contributed by atoms with Gasteiger partial charge in [0.05, 0.1) is 0 Å². The summed E-state index contributed by atoms with van der Waals surface area (Å²) in [5.41, 5.74) is 7.32. The second-order valence-electron chi connectivity index (χ2n) is 4.53. The Kier molecular flexibility index (Phi) is 5.18. The molecule has 0 bridgehead atoms. The monoisotopic (exact) mass is 333 g/mol. The maximum atomic E-state index is 10.7. The van der Waals surface area contributed by atoms with Gasteiger partial charge in [-0.25, -0.2) is 0 Å². The van der Waals surface area contributed by atoms with Gasteiger partial charge in [-0.15, -0.1) is 0 Å². The van der Waals surface area contributed by atoms with Crippen LogP contribution in [-0.2, 0) is 17.8 Å². The van der Waals surface area contributed by atoms with Crippen molar-refractivity contribution in [3.63, 3.8) is 0 Å². The van der Waals surface area contributed by atoms with E-state index in [0.717, 1.165) is 21.3 Å². The molecule has 0 saturated carbocycles. The first-order valence-corrected chi connectivity index (χ1v) is 7.17. The lowest BCUT2D eigenvalue weighted by Crippen LogP contribution is -2.11. The predicted molar refractivity (Wildman–Crippen MR) is 82.4 cm³/mol. The molecule has 0 heterocycles. The summed E-state index contributed by atoms with van der Waals surface area (Å²) in [5.74, 6) is 0.535. The number of hydrogen-bond donors (Lipinski definition) is 1. The van der Waals surface area contributed by atoms with E-state index in [2.05, 4.69) is 15.9 Å². The molecule has 4 heteroatoms. The number of rotatable bonds is 6. The van der Waals surface area contributed by atoms with Gasteiger partial charge in [0.15, 0.2) is 0 Å². The molecule has 1 amide bonds. The van der Waals surface area contributed by atoms with Crippen LogP contribution in [0.15, 0.2) is 53.0 Å². The molecule has 0 spiro atoms. The zero-order valence-corrected chi connectivity index (χ0v) is 12.6. The van der Waals surface area contributed by atoms with Crippen molar-refractivity contribution in [2.24, 2.45) is 5.73 Å². The highest BCUT2D eigenvalue weighted by molar-refractivity contribution is 9.10. The van der Waals surface area contributed by atoms with Crippen LogP contribution in [0.25, 0.3) is 0 Å². The van der Waals surface area contributed by atoms with Gasteiger partial charge in [-0.2, -0.15) is 0 Å². The van der Waals surface area contributed by atoms with E-state index in [0.29, 0.717) is 19.4 Å². The molecule has 2 rings (SSSR count). The smallest absolute Gasteiger partial charge is 0.217 e. The summed E-state index contributed by atoms with van der Waals surface area (Å²) in [4.78, 5) is 10.7. The Bertz CT molecular complexity index is 581. The molecule has 0 radical (unpaired) electrons. The lowest BCUT2D eigenvalue weighted by molar-refractivity contribution is -0.117. The topological polar surface area (TPSA) is 52.3 Å². The van der Waals surface area contributed by atoms with E-state index in [1.54, 1.807) is 0 Å². The number of benzene rings is 2. The van der Waals surface area contributed by atoms with Gasteiger partial charge in [-0.3, -0.25) is 4.79 Å². The Morgan fingerprint density at radius 2 is 1.85 bits per heavy atom. The molecule has 0 atom stereocenters. The van der Waals surface area contributed by atoms with Crippen molar-refractivity contribution >= 4 is 21.8 Å². The van der Waals surface area contributed by atoms with Crippen LogP contribution >= 0.6 is 15.9 Å². The second kappa shape index (κ2) is 7.10. The molecule has 104 valence electrons. The molecule has 0 aromatic heterocycles. The number of hydrogen-bond acceptors (Lipinski definition) is 2. The minimum atomic E-state index is -0.278. The van der Waals surface area contributed by atoms with Crippen LogP contribution in [0.5, 0.6) is 5.75 Å². The van der Waals surface area contributed by atoms with Gasteiger partial charge in [0, 0.05) is 10.9 Å². The number of ether oxygens (including phenoxy) is 1. The molecular formula is C16H16BrNO2. The third-order valence-electron chi connectivity index (χ3n) is 2.88. The number of nitrogens with two attached hydrogens (primary N) is 1. The maximum absolute atomic E-state index is 10.7. The summed E-state index contributed by atoms with van der Waals surface area (Å²) >= 11 is 3.43. The van der Waals surface area contributed by atoms with Gasteiger partial charge in [0.1, 0.15) is 12.4 Å². The molecule has 2 aromatic rings. The zero-order chi connectivity index (χ0) is 14.4. The van der Waals surface area contributed by atoms with E-state index in [1.165, 1.54) is 0 Å². The summed E-state index contributed by atoms with van der Waals surface area (Å²) in [6.07, 6.45) is 1.04. The van der Waals surface area contributed by atoms with E-state index < -0.39 is 0 Å². The van der Waals surface area contributed by atoms with Crippen molar-refractivity contribution in [3.05, 3.63) is 64.1 Å². The molecule has 0 aliphatic carbocycles. The van der Waals surface area contributed by atoms with Gasteiger partial charge < -0.3 is 10.5 Å². The van der Waals surface area contributed by atoms with E-state index in [9.17, 15) is 4.79 Å². The molecule has 0 fully saturated rings. The van der Waals surface area contributed by atoms with Crippen LogP contribution in [0, 0.1) is 0 Å². The summed E-state index contributed by atoms with van der Waals surface area (Å²) in [7, 11) is 0. The molecule has 3 nitrogen and oxygen atoms in total. The van der Waals surface area contributed by atoms with Gasteiger partial charge in [0.2, 0.25) is 5.91 Å². The number of primary amides is 1. The predicted octanol–water partition coefficient (Wildman–Crippen LogP) is 3.45. The van der Waals surface area contributed by atoms with Crippen molar-refractivity contribution in [1.82, 2.24) is 0 Å². The van der Waals surface area contributed by atoms with Crippen LogP contribution < -0.4 is 10.5 Å². The Morgan fingerprint density at radius 3 is 2.50 bits per heavy atom. The average Bonchev–Trinajstić information content (AvgIpc) is 2.44. The largest absolute Gasteiger partial charge is 0.489 e. The normalized spacial score (nSPS) is 10.2. The lowest BCUT2D eigenvalue weighted by atomic mass is 10.1. The standard InChI is InChI=1S/C16H16BrNO2/c17-14-3-1-2-13(10-14)11-20-15-7-4-12(5-8-15)6-9-16(18)19/h1-5,7-8,10H,6,9,11H2,(H2,18,19). The molecule has 0 aliphatic rings. The highest BCUT2D eigenvalue weighted by Gasteiger charge is 2.00. The van der Waals surface area contributed by atoms with E-state index in [1.807, 2.05) is 48.5 Å². The number of halogens is 1. The van der Waals surface area contributed by atoms with Crippen molar-refractivity contribution < 1.29 is 9.53 Å². The van der Waals surface area contributed by atoms with Crippen LogP contribution in [0.2, 0.25) is 0 Å². The fourth-order valence-corrected chi connectivity index (χ4v) is 2.26. The minimum Gasteiger partial charge on any atom is -0.489 e. The van der Waals surface area contributed by atoms with Crippen LogP contribution in [0.4, 0.5) is 0 Å². The number of amides is 1. The molecule has 0 aliphatic heterocycles.